The van der Waals surface area contributed by atoms with Crippen LogP contribution in [0, 0.1) is 0 Å². The Morgan fingerprint density at radius 1 is 0.667 bits per heavy atom. The van der Waals surface area contributed by atoms with Crippen LogP contribution in [0.15, 0.2) is 79.9 Å². The molecule has 3 nitrogen and oxygen atoms in total. The Kier molecular flexibility index (Phi) is 10.9. The summed E-state index contributed by atoms with van der Waals surface area (Å²) >= 11 is 0. The summed E-state index contributed by atoms with van der Waals surface area (Å²) in [5.41, 5.74) is 3.66. The van der Waals surface area contributed by atoms with Gasteiger partial charge in [-0.1, -0.05) is 74.5 Å². The van der Waals surface area contributed by atoms with Gasteiger partial charge in [-0.3, -0.25) is 0 Å². The van der Waals surface area contributed by atoms with Gasteiger partial charge in [0.1, 0.15) is 17.2 Å². The molecule has 2 N–H and O–H groups in total. The number of hydrogen-bond acceptors (Lipinski definition) is 3. The lowest BCUT2D eigenvalue weighted by Crippen LogP contribution is -1.81. The van der Waals surface area contributed by atoms with Crippen molar-refractivity contribution in [1.82, 2.24) is 0 Å². The largest absolute Gasteiger partial charge is 0.508 e. The minimum Gasteiger partial charge on any atom is -0.508 e. The monoisotopic (exact) mass is 402 g/mol. The fourth-order valence-electron chi connectivity index (χ4n) is 2.48. The van der Waals surface area contributed by atoms with Gasteiger partial charge in [-0.25, -0.2) is 0 Å². The molecular formula is C27H30O3. The molecule has 30 heavy (non-hydrogen) atoms. The first-order valence-corrected chi connectivity index (χ1v) is 9.76. The van der Waals surface area contributed by atoms with Crippen molar-refractivity contribution in [3.05, 3.63) is 102 Å². The number of benzene rings is 3. The SMILES string of the molecule is C=C.CC.COc1ccc(/C=C/c2ccc(/C=C/c3ccc(O)cc3)c(O)c2)cc1. The van der Waals surface area contributed by atoms with Crippen molar-refractivity contribution in [3.8, 4) is 17.2 Å². The Labute approximate surface area is 179 Å². The molecule has 0 aromatic heterocycles. The predicted octanol–water partition coefficient (Wildman–Crippen LogP) is 7.28. The topological polar surface area (TPSA) is 49.7 Å². The van der Waals surface area contributed by atoms with Crippen LogP contribution in [0.3, 0.4) is 0 Å². The lowest BCUT2D eigenvalue weighted by Gasteiger charge is -2.02. The van der Waals surface area contributed by atoms with Crippen molar-refractivity contribution < 1.29 is 14.9 Å². The van der Waals surface area contributed by atoms with Crippen LogP contribution >= 0.6 is 0 Å². The van der Waals surface area contributed by atoms with E-state index in [-0.39, 0.29) is 11.5 Å². The summed E-state index contributed by atoms with van der Waals surface area (Å²) in [5, 5.41) is 19.5. The number of rotatable bonds is 5. The Morgan fingerprint density at radius 3 is 1.67 bits per heavy atom. The summed E-state index contributed by atoms with van der Waals surface area (Å²) in [5.74, 6) is 1.28. The van der Waals surface area contributed by atoms with Gasteiger partial charge in [0.05, 0.1) is 7.11 Å². The molecule has 0 aliphatic heterocycles. The second-order valence-electron chi connectivity index (χ2n) is 5.85. The highest BCUT2D eigenvalue weighted by Gasteiger charge is 1.99. The number of hydrogen-bond donors (Lipinski definition) is 2. The standard InChI is InChI=1S/C23H20O3.C2H6.C2H4/c1-26-22-14-8-17(9-15-22)2-3-19-5-11-20(23(25)16-19)10-4-18-6-12-21(24)13-7-18;2*1-2/h2-16,24-25H,1H3;1-2H3;1-2H2/b3-2+,10-4+;;. The van der Waals surface area contributed by atoms with E-state index in [2.05, 4.69) is 13.2 Å². The first kappa shape index (κ1) is 24.3. The Morgan fingerprint density at radius 2 is 1.13 bits per heavy atom. The van der Waals surface area contributed by atoms with Crippen LogP contribution in [-0.2, 0) is 0 Å². The molecule has 0 radical (unpaired) electrons. The van der Waals surface area contributed by atoms with Gasteiger partial charge in [0.15, 0.2) is 0 Å². The average molecular weight is 403 g/mol. The molecule has 0 aliphatic rings. The van der Waals surface area contributed by atoms with Crippen LogP contribution in [0.5, 0.6) is 17.2 Å². The minimum atomic E-state index is 0.219. The summed E-state index contributed by atoms with van der Waals surface area (Å²) in [6.45, 7) is 10.0. The number of phenolic OH excluding ortho intramolecular Hbond substituents is 2. The van der Waals surface area contributed by atoms with Gasteiger partial charge in [0.2, 0.25) is 0 Å². The van der Waals surface area contributed by atoms with Crippen molar-refractivity contribution >= 4 is 24.3 Å². The van der Waals surface area contributed by atoms with Gasteiger partial charge in [-0.15, -0.1) is 13.2 Å². The Balaban J connectivity index is 0.00000106. The minimum absolute atomic E-state index is 0.219. The normalized spacial score (nSPS) is 10.1. The molecule has 0 fully saturated rings. The molecule has 0 unspecified atom stereocenters. The second-order valence-corrected chi connectivity index (χ2v) is 5.85. The van der Waals surface area contributed by atoms with Crippen LogP contribution in [0.1, 0.15) is 36.1 Å². The van der Waals surface area contributed by atoms with Crippen LogP contribution in [0.2, 0.25) is 0 Å². The molecular weight excluding hydrogens is 372 g/mol. The molecule has 3 aromatic carbocycles. The highest BCUT2D eigenvalue weighted by Crippen LogP contribution is 2.23. The van der Waals surface area contributed by atoms with Gasteiger partial charge in [0.25, 0.3) is 0 Å². The quantitative estimate of drug-likeness (QED) is 0.348. The molecule has 0 saturated carbocycles. The Bertz CT molecular complexity index is 937. The van der Waals surface area contributed by atoms with E-state index in [1.54, 1.807) is 25.3 Å². The Hall–Kier alpha value is -3.72. The molecule has 156 valence electrons. The summed E-state index contributed by atoms with van der Waals surface area (Å²) in [4.78, 5) is 0. The molecule has 0 amide bonds. The molecule has 0 aliphatic carbocycles. The lowest BCUT2D eigenvalue weighted by molar-refractivity contribution is 0.415. The lowest BCUT2D eigenvalue weighted by atomic mass is 10.1. The van der Waals surface area contributed by atoms with Crippen molar-refractivity contribution in [2.24, 2.45) is 0 Å². The van der Waals surface area contributed by atoms with Crippen LogP contribution in [-0.4, -0.2) is 17.3 Å². The van der Waals surface area contributed by atoms with Crippen molar-refractivity contribution in [3.63, 3.8) is 0 Å². The highest BCUT2D eigenvalue weighted by atomic mass is 16.5. The van der Waals surface area contributed by atoms with E-state index in [1.165, 1.54) is 0 Å². The van der Waals surface area contributed by atoms with E-state index in [9.17, 15) is 10.2 Å². The van der Waals surface area contributed by atoms with Gasteiger partial charge in [-0.05, 0) is 47.0 Å². The van der Waals surface area contributed by atoms with E-state index in [0.717, 1.165) is 28.0 Å². The fourth-order valence-corrected chi connectivity index (χ4v) is 2.48. The van der Waals surface area contributed by atoms with Crippen molar-refractivity contribution in [2.45, 2.75) is 13.8 Å². The predicted molar refractivity (Wildman–Crippen MR) is 130 cm³/mol. The van der Waals surface area contributed by atoms with Gasteiger partial charge >= 0.3 is 0 Å². The third-order valence-electron chi connectivity index (χ3n) is 3.99. The molecule has 0 spiro atoms. The number of phenols is 2. The maximum Gasteiger partial charge on any atom is 0.123 e. The fraction of sp³-hybridized carbons (Fsp3) is 0.111. The van der Waals surface area contributed by atoms with E-state index in [0.29, 0.717) is 0 Å². The molecule has 0 atom stereocenters. The highest BCUT2D eigenvalue weighted by molar-refractivity contribution is 5.75. The van der Waals surface area contributed by atoms with Gasteiger partial charge in [0, 0.05) is 5.56 Å². The summed E-state index contributed by atoms with van der Waals surface area (Å²) in [6.07, 6.45) is 7.68. The maximum absolute atomic E-state index is 10.2. The van der Waals surface area contributed by atoms with Crippen LogP contribution in [0.4, 0.5) is 0 Å². The van der Waals surface area contributed by atoms with Crippen molar-refractivity contribution in [2.75, 3.05) is 7.11 Å². The van der Waals surface area contributed by atoms with E-state index in [4.69, 9.17) is 4.74 Å². The number of methoxy groups -OCH3 is 1. The average Bonchev–Trinajstić information content (AvgIpc) is 2.81. The first-order chi connectivity index (χ1) is 14.6. The van der Waals surface area contributed by atoms with E-state index in [1.807, 2.05) is 86.7 Å². The van der Waals surface area contributed by atoms with Crippen LogP contribution < -0.4 is 4.74 Å². The zero-order valence-electron chi connectivity index (χ0n) is 17.9. The molecule has 0 saturated heterocycles. The first-order valence-electron chi connectivity index (χ1n) is 9.76. The summed E-state index contributed by atoms with van der Waals surface area (Å²) in [7, 11) is 1.64. The molecule has 3 aromatic rings. The number of aromatic hydroxyl groups is 2. The van der Waals surface area contributed by atoms with E-state index >= 15 is 0 Å². The zero-order chi connectivity index (χ0) is 22.4. The van der Waals surface area contributed by atoms with Crippen LogP contribution in [0.25, 0.3) is 24.3 Å². The smallest absolute Gasteiger partial charge is 0.123 e. The van der Waals surface area contributed by atoms with Gasteiger partial charge in [-0.2, -0.15) is 0 Å². The van der Waals surface area contributed by atoms with Crippen molar-refractivity contribution in [1.29, 1.82) is 0 Å². The third-order valence-corrected chi connectivity index (χ3v) is 3.99. The summed E-state index contributed by atoms with van der Waals surface area (Å²) in [6, 6.07) is 20.2. The maximum atomic E-state index is 10.2. The molecule has 0 bridgehead atoms. The molecule has 3 heteroatoms. The zero-order valence-corrected chi connectivity index (χ0v) is 17.9. The molecule has 3 rings (SSSR count). The van der Waals surface area contributed by atoms with E-state index < -0.39 is 0 Å². The number of ether oxygens (including phenoxy) is 1. The molecule has 0 heterocycles. The third kappa shape index (κ3) is 7.72. The second kappa shape index (κ2) is 13.5. The van der Waals surface area contributed by atoms with Gasteiger partial charge < -0.3 is 14.9 Å². The summed E-state index contributed by atoms with van der Waals surface area (Å²) < 4.78 is 5.15.